The Morgan fingerprint density at radius 1 is 1.39 bits per heavy atom. The van der Waals surface area contributed by atoms with Crippen LogP contribution in [0.4, 0.5) is 0 Å². The number of aromatic nitrogens is 2. The summed E-state index contributed by atoms with van der Waals surface area (Å²) < 4.78 is 7.83. The van der Waals surface area contributed by atoms with Crippen LogP contribution in [0.2, 0.25) is 0 Å². The summed E-state index contributed by atoms with van der Waals surface area (Å²) in [5.74, 6) is 1.12. The van der Waals surface area contributed by atoms with Gasteiger partial charge in [0, 0.05) is 44.1 Å². The third kappa shape index (κ3) is 3.02. The summed E-state index contributed by atoms with van der Waals surface area (Å²) in [6.07, 6.45) is 5.38. The molecule has 2 saturated carbocycles. The summed E-state index contributed by atoms with van der Waals surface area (Å²) in [6, 6.07) is 0. The van der Waals surface area contributed by atoms with Crippen molar-refractivity contribution < 1.29 is 14.6 Å². The first-order chi connectivity index (χ1) is 11.1. The Bertz CT molecular complexity index is 590. The number of aliphatic hydroxyl groups excluding tert-OH is 1. The minimum atomic E-state index is -0.291. The number of fused-ring (bicyclic) bond motifs is 1. The molecule has 1 aromatic rings. The van der Waals surface area contributed by atoms with Crippen molar-refractivity contribution in [1.82, 2.24) is 14.7 Å². The van der Waals surface area contributed by atoms with Crippen LogP contribution in [0.15, 0.2) is 6.20 Å². The van der Waals surface area contributed by atoms with Crippen molar-refractivity contribution in [3.63, 3.8) is 0 Å². The summed E-state index contributed by atoms with van der Waals surface area (Å²) in [5.41, 5.74) is 2.34. The van der Waals surface area contributed by atoms with E-state index in [1.54, 1.807) is 0 Å². The Labute approximate surface area is 136 Å². The standard InChI is InChI=1S/C17H25N3O3/c1-19-16-13(6-18-19)7-20(17(22)12-4-15(21)5-12)8-14(16)10-23-9-11-2-3-11/h6,11-12,14-15,21H,2-5,7-10H2,1H3/t12?,14-,15?/m1/s1. The first kappa shape index (κ1) is 15.1. The minimum Gasteiger partial charge on any atom is -0.393 e. The van der Waals surface area contributed by atoms with E-state index >= 15 is 0 Å². The van der Waals surface area contributed by atoms with Crippen LogP contribution in [-0.4, -0.2) is 51.6 Å². The maximum atomic E-state index is 12.6. The lowest BCUT2D eigenvalue weighted by molar-refractivity contribution is -0.144. The minimum absolute atomic E-state index is 0.00347. The van der Waals surface area contributed by atoms with Crippen molar-refractivity contribution in [1.29, 1.82) is 0 Å². The first-order valence-electron chi connectivity index (χ1n) is 8.67. The molecule has 6 heteroatoms. The molecule has 1 aromatic heterocycles. The van der Waals surface area contributed by atoms with E-state index in [9.17, 15) is 9.90 Å². The zero-order valence-electron chi connectivity index (χ0n) is 13.6. The lowest BCUT2D eigenvalue weighted by Crippen LogP contribution is -2.47. The van der Waals surface area contributed by atoms with Gasteiger partial charge in [-0.25, -0.2) is 0 Å². The summed E-state index contributed by atoms with van der Waals surface area (Å²) in [5, 5.41) is 13.8. The van der Waals surface area contributed by atoms with E-state index in [2.05, 4.69) is 5.10 Å². The lowest BCUT2D eigenvalue weighted by Gasteiger charge is -2.38. The van der Waals surface area contributed by atoms with Gasteiger partial charge in [0.15, 0.2) is 0 Å². The zero-order chi connectivity index (χ0) is 16.0. The van der Waals surface area contributed by atoms with Gasteiger partial charge in [0.05, 0.1) is 24.6 Å². The van der Waals surface area contributed by atoms with Crippen LogP contribution in [0.1, 0.15) is 42.9 Å². The van der Waals surface area contributed by atoms with E-state index in [0.29, 0.717) is 32.5 Å². The lowest BCUT2D eigenvalue weighted by atomic mass is 9.81. The van der Waals surface area contributed by atoms with Crippen molar-refractivity contribution in [2.75, 3.05) is 19.8 Å². The molecule has 126 valence electrons. The van der Waals surface area contributed by atoms with Gasteiger partial charge in [0.25, 0.3) is 0 Å². The average Bonchev–Trinajstić information content (AvgIpc) is 3.25. The van der Waals surface area contributed by atoms with Crippen LogP contribution >= 0.6 is 0 Å². The predicted octanol–water partition coefficient (Wildman–Crippen LogP) is 1.04. The van der Waals surface area contributed by atoms with Gasteiger partial charge in [-0.3, -0.25) is 9.48 Å². The molecule has 0 unspecified atom stereocenters. The SMILES string of the molecule is Cn1ncc2c1[C@@H](COCC1CC1)CN(C(=O)C1CC(O)C1)C2. The van der Waals surface area contributed by atoms with E-state index < -0.39 is 0 Å². The van der Waals surface area contributed by atoms with E-state index in [1.807, 2.05) is 22.8 Å². The fraction of sp³-hybridized carbons (Fsp3) is 0.765. The summed E-state index contributed by atoms with van der Waals surface area (Å²) >= 11 is 0. The van der Waals surface area contributed by atoms with Gasteiger partial charge in [-0.05, 0) is 31.6 Å². The highest BCUT2D eigenvalue weighted by atomic mass is 16.5. The molecule has 1 N–H and O–H groups in total. The van der Waals surface area contributed by atoms with Gasteiger partial charge in [-0.15, -0.1) is 0 Å². The van der Waals surface area contributed by atoms with Crippen molar-refractivity contribution >= 4 is 5.91 Å². The Balaban J connectivity index is 1.45. The number of aryl methyl sites for hydroxylation is 1. The van der Waals surface area contributed by atoms with Crippen LogP contribution in [0, 0.1) is 11.8 Å². The molecule has 1 amide bonds. The van der Waals surface area contributed by atoms with E-state index in [-0.39, 0.29) is 23.8 Å². The molecule has 0 bridgehead atoms. The predicted molar refractivity (Wildman–Crippen MR) is 83.6 cm³/mol. The van der Waals surface area contributed by atoms with Crippen LogP contribution in [-0.2, 0) is 23.1 Å². The van der Waals surface area contributed by atoms with Crippen LogP contribution < -0.4 is 0 Å². The Morgan fingerprint density at radius 3 is 2.87 bits per heavy atom. The van der Waals surface area contributed by atoms with Crippen LogP contribution in [0.5, 0.6) is 0 Å². The molecule has 0 aromatic carbocycles. The number of amides is 1. The summed E-state index contributed by atoms with van der Waals surface area (Å²) in [6.45, 7) is 2.82. The molecule has 0 radical (unpaired) electrons. The quantitative estimate of drug-likeness (QED) is 0.881. The topological polar surface area (TPSA) is 67.6 Å². The number of hydrogen-bond donors (Lipinski definition) is 1. The molecule has 6 nitrogen and oxygen atoms in total. The Kier molecular flexibility index (Phi) is 3.89. The van der Waals surface area contributed by atoms with Crippen LogP contribution in [0.3, 0.4) is 0 Å². The third-order valence-electron chi connectivity index (χ3n) is 5.40. The van der Waals surface area contributed by atoms with Crippen molar-refractivity contribution in [3.8, 4) is 0 Å². The largest absolute Gasteiger partial charge is 0.393 e. The van der Waals surface area contributed by atoms with E-state index in [4.69, 9.17) is 4.74 Å². The molecule has 2 aliphatic carbocycles. The smallest absolute Gasteiger partial charge is 0.226 e. The number of ether oxygens (including phenoxy) is 1. The second-order valence-electron chi connectivity index (χ2n) is 7.40. The van der Waals surface area contributed by atoms with Crippen molar-refractivity contribution in [2.45, 2.75) is 44.2 Å². The van der Waals surface area contributed by atoms with E-state index in [0.717, 1.165) is 18.1 Å². The highest BCUT2D eigenvalue weighted by Gasteiger charge is 2.39. The molecule has 2 heterocycles. The van der Waals surface area contributed by atoms with Gasteiger partial charge < -0.3 is 14.7 Å². The van der Waals surface area contributed by atoms with Crippen molar-refractivity contribution in [2.24, 2.45) is 18.9 Å². The molecule has 1 atom stereocenters. The van der Waals surface area contributed by atoms with Crippen LogP contribution in [0.25, 0.3) is 0 Å². The number of carbonyl (C=O) groups excluding carboxylic acids is 1. The maximum absolute atomic E-state index is 12.6. The van der Waals surface area contributed by atoms with Gasteiger partial charge in [-0.1, -0.05) is 0 Å². The second-order valence-corrected chi connectivity index (χ2v) is 7.40. The monoisotopic (exact) mass is 319 g/mol. The fourth-order valence-electron chi connectivity index (χ4n) is 3.77. The number of hydrogen-bond acceptors (Lipinski definition) is 4. The Hall–Kier alpha value is -1.40. The van der Waals surface area contributed by atoms with Gasteiger partial charge in [-0.2, -0.15) is 5.10 Å². The molecule has 1 aliphatic heterocycles. The fourth-order valence-corrected chi connectivity index (χ4v) is 3.77. The number of nitrogens with zero attached hydrogens (tertiary/aromatic N) is 3. The molecule has 0 saturated heterocycles. The molecule has 3 aliphatic rings. The number of rotatable bonds is 5. The van der Waals surface area contributed by atoms with Gasteiger partial charge in [0.1, 0.15) is 0 Å². The average molecular weight is 319 g/mol. The van der Waals surface area contributed by atoms with Gasteiger partial charge >= 0.3 is 0 Å². The summed E-state index contributed by atoms with van der Waals surface area (Å²) in [7, 11) is 1.96. The number of carbonyl (C=O) groups is 1. The van der Waals surface area contributed by atoms with Crippen molar-refractivity contribution in [3.05, 3.63) is 17.5 Å². The zero-order valence-corrected chi connectivity index (χ0v) is 13.6. The number of aliphatic hydroxyl groups is 1. The molecule has 0 spiro atoms. The maximum Gasteiger partial charge on any atom is 0.226 e. The van der Waals surface area contributed by atoms with E-state index in [1.165, 1.54) is 18.5 Å². The first-order valence-corrected chi connectivity index (χ1v) is 8.67. The molecular weight excluding hydrogens is 294 g/mol. The normalized spacial score (nSPS) is 30.0. The highest BCUT2D eigenvalue weighted by Crippen LogP contribution is 2.34. The molecule has 4 rings (SSSR count). The molecular formula is C17H25N3O3. The summed E-state index contributed by atoms with van der Waals surface area (Å²) in [4.78, 5) is 14.6. The highest BCUT2D eigenvalue weighted by molar-refractivity contribution is 5.80. The second kappa shape index (κ2) is 5.91. The third-order valence-corrected chi connectivity index (χ3v) is 5.40. The molecule has 2 fully saturated rings. The Morgan fingerprint density at radius 2 is 2.17 bits per heavy atom. The van der Waals surface area contributed by atoms with Gasteiger partial charge in [0.2, 0.25) is 5.91 Å². The molecule has 23 heavy (non-hydrogen) atoms.